The van der Waals surface area contributed by atoms with E-state index >= 15 is 0 Å². The number of hydrogen-bond acceptors (Lipinski definition) is 4. The summed E-state index contributed by atoms with van der Waals surface area (Å²) in [5.41, 5.74) is 7.47. The highest BCUT2D eigenvalue weighted by atomic mass is 32.1. The Kier molecular flexibility index (Phi) is 6.58. The van der Waals surface area contributed by atoms with Gasteiger partial charge in [-0.3, -0.25) is 4.79 Å². The van der Waals surface area contributed by atoms with Gasteiger partial charge in [0.2, 0.25) is 5.91 Å². The lowest BCUT2D eigenvalue weighted by atomic mass is 10.1. The van der Waals surface area contributed by atoms with Gasteiger partial charge in [-0.2, -0.15) is 0 Å². The van der Waals surface area contributed by atoms with Crippen molar-refractivity contribution in [1.82, 2.24) is 10.2 Å². The number of nitrogens with one attached hydrogen (secondary N) is 1. The largest absolute Gasteiger partial charge is 0.496 e. The third-order valence-electron chi connectivity index (χ3n) is 3.26. The Balaban J connectivity index is 2.74. The minimum atomic E-state index is -0.0576. The van der Waals surface area contributed by atoms with Crippen molar-refractivity contribution in [2.45, 2.75) is 13.5 Å². The van der Waals surface area contributed by atoms with Gasteiger partial charge in [0.05, 0.1) is 12.7 Å². The van der Waals surface area contributed by atoms with Crippen molar-refractivity contribution >= 4 is 23.1 Å². The highest BCUT2D eigenvalue weighted by Crippen LogP contribution is 2.21. The van der Waals surface area contributed by atoms with E-state index in [1.165, 1.54) is 0 Å². The summed E-state index contributed by atoms with van der Waals surface area (Å²) in [5, 5.41) is 2.66. The van der Waals surface area contributed by atoms with Gasteiger partial charge >= 0.3 is 0 Å². The molecule has 0 aliphatic heterocycles. The summed E-state index contributed by atoms with van der Waals surface area (Å²) < 4.78 is 5.32. The number of carbonyl (C=O) groups excluding carboxylic acids is 1. The average molecular weight is 309 g/mol. The minimum absolute atomic E-state index is 0.0447. The van der Waals surface area contributed by atoms with Crippen LogP contribution in [0.2, 0.25) is 0 Å². The summed E-state index contributed by atoms with van der Waals surface area (Å²) in [6.07, 6.45) is 0. The van der Waals surface area contributed by atoms with Crippen LogP contribution in [0.3, 0.4) is 0 Å². The number of nitrogens with zero attached hydrogens (tertiary/aromatic N) is 1. The maximum atomic E-state index is 11.5. The molecule has 0 aliphatic carbocycles. The Hall–Kier alpha value is -1.66. The van der Waals surface area contributed by atoms with Gasteiger partial charge in [0.25, 0.3) is 0 Å². The molecule has 5 nitrogen and oxygen atoms in total. The van der Waals surface area contributed by atoms with Crippen molar-refractivity contribution in [3.05, 3.63) is 29.3 Å². The SMILES string of the molecule is CNC(=O)C(C)CN(C)Cc1ccc(C(N)=S)c(OC)c1. The number of benzene rings is 1. The van der Waals surface area contributed by atoms with Crippen LogP contribution in [0.4, 0.5) is 0 Å². The van der Waals surface area contributed by atoms with Crippen LogP contribution < -0.4 is 15.8 Å². The Morgan fingerprint density at radius 3 is 2.71 bits per heavy atom. The molecule has 1 amide bonds. The summed E-state index contributed by atoms with van der Waals surface area (Å²) in [4.78, 5) is 13.9. The van der Waals surface area contributed by atoms with Crippen LogP contribution in [-0.2, 0) is 11.3 Å². The lowest BCUT2D eigenvalue weighted by molar-refractivity contribution is -0.124. The van der Waals surface area contributed by atoms with E-state index in [1.807, 2.05) is 32.2 Å². The molecule has 0 aliphatic rings. The lowest BCUT2D eigenvalue weighted by Crippen LogP contribution is -2.34. The molecular weight excluding hydrogens is 286 g/mol. The average Bonchev–Trinajstić information content (AvgIpc) is 2.45. The van der Waals surface area contributed by atoms with Crippen molar-refractivity contribution < 1.29 is 9.53 Å². The van der Waals surface area contributed by atoms with E-state index in [-0.39, 0.29) is 11.8 Å². The first-order valence-electron chi connectivity index (χ1n) is 6.75. The summed E-state index contributed by atoms with van der Waals surface area (Å²) in [5.74, 6) is 0.661. The second-order valence-corrected chi connectivity index (χ2v) is 5.55. The topological polar surface area (TPSA) is 67.6 Å². The van der Waals surface area contributed by atoms with Gasteiger partial charge in [0, 0.05) is 26.1 Å². The number of methoxy groups -OCH3 is 1. The van der Waals surface area contributed by atoms with Gasteiger partial charge in [-0.05, 0) is 24.7 Å². The van der Waals surface area contributed by atoms with Crippen molar-refractivity contribution in [2.75, 3.05) is 27.7 Å². The molecule has 3 N–H and O–H groups in total. The van der Waals surface area contributed by atoms with E-state index in [1.54, 1.807) is 14.2 Å². The van der Waals surface area contributed by atoms with Gasteiger partial charge in [-0.15, -0.1) is 0 Å². The lowest BCUT2D eigenvalue weighted by Gasteiger charge is -2.21. The van der Waals surface area contributed by atoms with Gasteiger partial charge in [-0.1, -0.05) is 25.2 Å². The van der Waals surface area contributed by atoms with Gasteiger partial charge in [0.1, 0.15) is 10.7 Å². The first-order chi connectivity index (χ1) is 9.88. The van der Waals surface area contributed by atoms with Crippen LogP contribution in [0.15, 0.2) is 18.2 Å². The molecule has 0 saturated heterocycles. The Bertz CT molecular complexity index is 520. The zero-order valence-corrected chi connectivity index (χ0v) is 13.8. The van der Waals surface area contributed by atoms with E-state index in [0.717, 1.165) is 17.7 Å². The Morgan fingerprint density at radius 2 is 2.19 bits per heavy atom. The van der Waals surface area contributed by atoms with E-state index in [0.29, 0.717) is 17.3 Å². The zero-order valence-electron chi connectivity index (χ0n) is 13.0. The fraction of sp³-hybridized carbons (Fsp3) is 0.467. The smallest absolute Gasteiger partial charge is 0.223 e. The van der Waals surface area contributed by atoms with Crippen LogP contribution in [-0.4, -0.2) is 43.5 Å². The summed E-state index contributed by atoms with van der Waals surface area (Å²) in [7, 11) is 5.23. The highest BCUT2D eigenvalue weighted by Gasteiger charge is 2.14. The van der Waals surface area contributed by atoms with Crippen LogP contribution >= 0.6 is 12.2 Å². The number of rotatable bonds is 7. The van der Waals surface area contributed by atoms with Crippen LogP contribution in [0.5, 0.6) is 5.75 Å². The predicted molar refractivity (Wildman–Crippen MR) is 88.4 cm³/mol. The maximum Gasteiger partial charge on any atom is 0.223 e. The quantitative estimate of drug-likeness (QED) is 0.740. The number of thiocarbonyl (C=S) groups is 1. The number of carbonyl (C=O) groups is 1. The van der Waals surface area contributed by atoms with Crippen LogP contribution in [0.1, 0.15) is 18.1 Å². The Labute approximate surface area is 131 Å². The molecule has 1 aromatic carbocycles. The van der Waals surface area contributed by atoms with Crippen molar-refractivity contribution in [3.63, 3.8) is 0 Å². The Morgan fingerprint density at radius 1 is 1.52 bits per heavy atom. The fourth-order valence-electron chi connectivity index (χ4n) is 2.21. The molecular formula is C15H23N3O2S. The summed E-state index contributed by atoms with van der Waals surface area (Å²) in [6, 6.07) is 5.76. The molecule has 0 bridgehead atoms. The van der Waals surface area contributed by atoms with Gasteiger partial charge in [0.15, 0.2) is 0 Å². The number of nitrogens with two attached hydrogens (primary N) is 1. The second kappa shape index (κ2) is 7.95. The number of ether oxygens (including phenoxy) is 1. The molecule has 1 atom stereocenters. The molecule has 0 heterocycles. The van der Waals surface area contributed by atoms with E-state index in [9.17, 15) is 4.79 Å². The molecule has 21 heavy (non-hydrogen) atoms. The van der Waals surface area contributed by atoms with Crippen molar-refractivity contribution in [2.24, 2.45) is 11.7 Å². The van der Waals surface area contributed by atoms with Crippen molar-refractivity contribution in [3.8, 4) is 5.75 Å². The van der Waals surface area contributed by atoms with Crippen LogP contribution in [0.25, 0.3) is 0 Å². The predicted octanol–water partition coefficient (Wildman–Crippen LogP) is 1.14. The first-order valence-corrected chi connectivity index (χ1v) is 7.16. The third kappa shape index (κ3) is 4.99. The molecule has 0 fully saturated rings. The first kappa shape index (κ1) is 17.4. The molecule has 116 valence electrons. The molecule has 1 rings (SSSR count). The number of hydrogen-bond donors (Lipinski definition) is 2. The molecule has 0 radical (unpaired) electrons. The van der Waals surface area contributed by atoms with E-state index in [4.69, 9.17) is 22.7 Å². The normalized spacial score (nSPS) is 12.0. The molecule has 1 unspecified atom stereocenters. The standard InChI is InChI=1S/C15H23N3O2S/c1-10(15(19)17-2)8-18(3)9-11-5-6-12(14(16)21)13(7-11)20-4/h5-7,10H,8-9H2,1-4H3,(H2,16,21)(H,17,19). The second-order valence-electron chi connectivity index (χ2n) is 5.11. The number of amides is 1. The minimum Gasteiger partial charge on any atom is -0.496 e. The van der Waals surface area contributed by atoms with Crippen LogP contribution in [0, 0.1) is 5.92 Å². The molecule has 0 saturated carbocycles. The van der Waals surface area contributed by atoms with E-state index in [2.05, 4.69) is 10.2 Å². The third-order valence-corrected chi connectivity index (χ3v) is 3.48. The van der Waals surface area contributed by atoms with E-state index < -0.39 is 0 Å². The molecule has 1 aromatic rings. The molecule has 6 heteroatoms. The highest BCUT2D eigenvalue weighted by molar-refractivity contribution is 7.80. The van der Waals surface area contributed by atoms with Crippen molar-refractivity contribution in [1.29, 1.82) is 0 Å². The summed E-state index contributed by atoms with van der Waals surface area (Å²) >= 11 is 4.99. The zero-order chi connectivity index (χ0) is 16.0. The fourth-order valence-corrected chi connectivity index (χ4v) is 2.38. The molecule has 0 aromatic heterocycles. The van der Waals surface area contributed by atoms with Gasteiger partial charge < -0.3 is 20.7 Å². The van der Waals surface area contributed by atoms with Gasteiger partial charge in [-0.25, -0.2) is 0 Å². The summed E-state index contributed by atoms with van der Waals surface area (Å²) in [6.45, 7) is 3.31. The molecule has 0 spiro atoms. The monoisotopic (exact) mass is 309 g/mol. The maximum absolute atomic E-state index is 11.5.